The number of nitrogens with one attached hydrogen (secondary N) is 1. The number of amides is 1. The van der Waals surface area contributed by atoms with Crippen LogP contribution in [-0.2, 0) is 16.6 Å². The van der Waals surface area contributed by atoms with E-state index in [-0.39, 0.29) is 11.3 Å². The second-order valence-electron chi connectivity index (χ2n) is 5.05. The molecule has 0 radical (unpaired) electrons. The summed E-state index contributed by atoms with van der Waals surface area (Å²) < 4.78 is 0. The van der Waals surface area contributed by atoms with Crippen molar-refractivity contribution in [2.75, 3.05) is 6.54 Å². The number of carbonyl (C=O) groups excluding carboxylic acids is 1. The van der Waals surface area contributed by atoms with E-state index >= 15 is 0 Å². The van der Waals surface area contributed by atoms with Crippen LogP contribution in [0, 0.1) is 0 Å². The second-order valence-corrected chi connectivity index (χ2v) is 6.09. The van der Waals surface area contributed by atoms with Gasteiger partial charge in [-0.15, -0.1) is 11.3 Å². The Morgan fingerprint density at radius 2 is 2.26 bits per heavy atom. The van der Waals surface area contributed by atoms with Crippen LogP contribution < -0.4 is 5.32 Å². The van der Waals surface area contributed by atoms with Gasteiger partial charge in [0, 0.05) is 29.2 Å². The number of hydrogen-bond donors (Lipinski definition) is 1. The van der Waals surface area contributed by atoms with E-state index < -0.39 is 0 Å². The first-order valence-corrected chi connectivity index (χ1v) is 7.36. The lowest BCUT2D eigenvalue weighted by molar-refractivity contribution is -0.120. The van der Waals surface area contributed by atoms with Gasteiger partial charge in [0.15, 0.2) is 0 Å². The third-order valence-electron chi connectivity index (χ3n) is 3.67. The highest BCUT2D eigenvalue weighted by atomic mass is 32.1. The predicted molar refractivity (Wildman–Crippen MR) is 76.2 cm³/mol. The fourth-order valence-corrected chi connectivity index (χ4v) is 3.00. The molecule has 0 aromatic carbocycles. The summed E-state index contributed by atoms with van der Waals surface area (Å²) in [7, 11) is 0. The number of carbonyl (C=O) groups is 1. The molecule has 1 amide bonds. The summed E-state index contributed by atoms with van der Waals surface area (Å²) in [5, 5.41) is 5.06. The van der Waals surface area contributed by atoms with Crippen molar-refractivity contribution in [3.8, 4) is 0 Å². The zero-order chi connectivity index (χ0) is 13.1. The SMILES string of the molecule is O=C(Cc1cccs1)NCC1(c2cccnc2)CC1. The summed E-state index contributed by atoms with van der Waals surface area (Å²) in [5.41, 5.74) is 1.38. The van der Waals surface area contributed by atoms with E-state index in [2.05, 4.69) is 16.4 Å². The van der Waals surface area contributed by atoms with Crippen molar-refractivity contribution in [2.24, 2.45) is 0 Å². The molecule has 2 heterocycles. The highest BCUT2D eigenvalue weighted by molar-refractivity contribution is 7.10. The Morgan fingerprint density at radius 1 is 1.37 bits per heavy atom. The van der Waals surface area contributed by atoms with Crippen LogP contribution in [0.1, 0.15) is 23.3 Å². The Bertz CT molecular complexity index is 547. The largest absolute Gasteiger partial charge is 0.355 e. The van der Waals surface area contributed by atoms with Crippen LogP contribution in [0.15, 0.2) is 42.0 Å². The molecule has 0 unspecified atom stereocenters. The maximum atomic E-state index is 11.9. The van der Waals surface area contributed by atoms with Gasteiger partial charge in [-0.1, -0.05) is 12.1 Å². The molecule has 1 aliphatic carbocycles. The molecule has 1 saturated carbocycles. The molecule has 0 saturated heterocycles. The number of nitrogens with zero attached hydrogens (tertiary/aromatic N) is 1. The van der Waals surface area contributed by atoms with E-state index in [9.17, 15) is 4.79 Å². The van der Waals surface area contributed by atoms with Crippen LogP contribution in [-0.4, -0.2) is 17.4 Å². The van der Waals surface area contributed by atoms with Gasteiger partial charge in [-0.05, 0) is 35.9 Å². The number of pyridine rings is 1. The molecule has 98 valence electrons. The fraction of sp³-hybridized carbons (Fsp3) is 0.333. The van der Waals surface area contributed by atoms with E-state index in [0.717, 1.165) is 24.3 Å². The van der Waals surface area contributed by atoms with Gasteiger partial charge < -0.3 is 5.32 Å². The third-order valence-corrected chi connectivity index (χ3v) is 4.54. The average Bonchev–Trinajstić information content (AvgIpc) is 3.08. The van der Waals surface area contributed by atoms with Crippen LogP contribution in [0.3, 0.4) is 0 Å². The lowest BCUT2D eigenvalue weighted by atomic mass is 9.98. The van der Waals surface area contributed by atoms with E-state index in [1.165, 1.54) is 5.56 Å². The molecule has 1 aliphatic rings. The molecule has 3 nitrogen and oxygen atoms in total. The molecule has 0 atom stereocenters. The Hall–Kier alpha value is -1.68. The summed E-state index contributed by atoms with van der Waals surface area (Å²) >= 11 is 1.63. The first-order chi connectivity index (χ1) is 9.28. The van der Waals surface area contributed by atoms with Crippen molar-refractivity contribution in [1.29, 1.82) is 0 Å². The molecule has 4 heteroatoms. The van der Waals surface area contributed by atoms with Crippen LogP contribution in [0.2, 0.25) is 0 Å². The Labute approximate surface area is 116 Å². The van der Waals surface area contributed by atoms with Crippen molar-refractivity contribution in [1.82, 2.24) is 10.3 Å². The first-order valence-electron chi connectivity index (χ1n) is 6.48. The summed E-state index contributed by atoms with van der Waals surface area (Å²) in [6.07, 6.45) is 6.46. The maximum absolute atomic E-state index is 11.9. The third kappa shape index (κ3) is 2.84. The van der Waals surface area contributed by atoms with Crippen molar-refractivity contribution in [3.63, 3.8) is 0 Å². The van der Waals surface area contributed by atoms with Gasteiger partial charge in [0.2, 0.25) is 5.91 Å². The van der Waals surface area contributed by atoms with Gasteiger partial charge in [0.05, 0.1) is 6.42 Å². The van der Waals surface area contributed by atoms with Gasteiger partial charge in [-0.2, -0.15) is 0 Å². The summed E-state index contributed by atoms with van der Waals surface area (Å²) in [5.74, 6) is 0.109. The highest BCUT2D eigenvalue weighted by Crippen LogP contribution is 2.47. The summed E-state index contributed by atoms with van der Waals surface area (Å²) in [6.45, 7) is 0.725. The monoisotopic (exact) mass is 272 g/mol. The zero-order valence-electron chi connectivity index (χ0n) is 10.6. The van der Waals surface area contributed by atoms with E-state index in [4.69, 9.17) is 0 Å². The Kier molecular flexibility index (Phi) is 3.34. The number of rotatable bonds is 5. The fourth-order valence-electron chi connectivity index (χ4n) is 2.30. The Morgan fingerprint density at radius 3 is 2.89 bits per heavy atom. The first kappa shape index (κ1) is 12.4. The lowest BCUT2D eigenvalue weighted by Crippen LogP contribution is -2.33. The molecule has 1 N–H and O–H groups in total. The molecule has 0 bridgehead atoms. The zero-order valence-corrected chi connectivity index (χ0v) is 11.5. The van der Waals surface area contributed by atoms with Crippen LogP contribution in [0.25, 0.3) is 0 Å². The summed E-state index contributed by atoms with van der Waals surface area (Å²) in [4.78, 5) is 17.2. The highest BCUT2D eigenvalue weighted by Gasteiger charge is 2.44. The average molecular weight is 272 g/mol. The lowest BCUT2D eigenvalue weighted by Gasteiger charge is -2.15. The molecule has 3 rings (SSSR count). The normalized spacial score (nSPS) is 16.0. The second kappa shape index (κ2) is 5.13. The predicted octanol–water partition coefficient (Wildman–Crippen LogP) is 2.53. The van der Waals surface area contributed by atoms with Crippen LogP contribution >= 0.6 is 11.3 Å². The van der Waals surface area contributed by atoms with Gasteiger partial charge >= 0.3 is 0 Å². The van der Waals surface area contributed by atoms with Crippen molar-refractivity contribution >= 4 is 17.2 Å². The Balaban J connectivity index is 1.56. The van der Waals surface area contributed by atoms with Crippen LogP contribution in [0.5, 0.6) is 0 Å². The van der Waals surface area contributed by atoms with Gasteiger partial charge in [-0.3, -0.25) is 9.78 Å². The molecule has 2 aromatic rings. The summed E-state index contributed by atoms with van der Waals surface area (Å²) in [6, 6.07) is 8.04. The number of aromatic nitrogens is 1. The quantitative estimate of drug-likeness (QED) is 0.909. The molecule has 0 spiro atoms. The molecule has 1 fully saturated rings. The minimum absolute atomic E-state index is 0.109. The van der Waals surface area contributed by atoms with E-state index in [1.807, 2.05) is 29.8 Å². The van der Waals surface area contributed by atoms with Gasteiger partial charge in [0.1, 0.15) is 0 Å². The minimum Gasteiger partial charge on any atom is -0.355 e. The van der Waals surface area contributed by atoms with Crippen molar-refractivity contribution in [2.45, 2.75) is 24.7 Å². The van der Waals surface area contributed by atoms with Crippen molar-refractivity contribution in [3.05, 3.63) is 52.5 Å². The topological polar surface area (TPSA) is 42.0 Å². The smallest absolute Gasteiger partial charge is 0.225 e. The standard InChI is InChI=1S/C15H16N2OS/c18-14(9-13-4-2-8-19-13)17-11-15(5-6-15)12-3-1-7-16-10-12/h1-4,7-8,10H,5-6,9,11H2,(H,17,18). The molecule has 0 aliphatic heterocycles. The molecular formula is C15H16N2OS. The minimum atomic E-state index is 0.109. The maximum Gasteiger partial charge on any atom is 0.225 e. The van der Waals surface area contributed by atoms with E-state index in [1.54, 1.807) is 17.5 Å². The van der Waals surface area contributed by atoms with Gasteiger partial charge in [0.25, 0.3) is 0 Å². The van der Waals surface area contributed by atoms with E-state index in [0.29, 0.717) is 6.42 Å². The van der Waals surface area contributed by atoms with Crippen molar-refractivity contribution < 1.29 is 4.79 Å². The number of hydrogen-bond acceptors (Lipinski definition) is 3. The van der Waals surface area contributed by atoms with Crippen LogP contribution in [0.4, 0.5) is 0 Å². The molecule has 19 heavy (non-hydrogen) atoms. The molecular weight excluding hydrogens is 256 g/mol. The van der Waals surface area contributed by atoms with Gasteiger partial charge in [-0.25, -0.2) is 0 Å². The molecule has 2 aromatic heterocycles. The number of thiophene rings is 1.